The molecule has 1 amide bonds. The van der Waals surface area contributed by atoms with Crippen molar-refractivity contribution >= 4 is 28.3 Å². The smallest absolute Gasteiger partial charge is 0.361 e. The molecule has 31 heavy (non-hydrogen) atoms. The molecule has 5 rings (SSSR count). The van der Waals surface area contributed by atoms with Gasteiger partial charge in [-0.15, -0.1) is 10.2 Å². The molecule has 0 aliphatic carbocycles. The number of carbonyl (C=O) groups is 1. The Bertz CT molecular complexity index is 1310. The van der Waals surface area contributed by atoms with Crippen LogP contribution in [0.25, 0.3) is 21.7 Å². The molecule has 4 aromatic rings. The lowest BCUT2D eigenvalue weighted by molar-refractivity contribution is -0.136. The third-order valence-electron chi connectivity index (χ3n) is 5.40. The molecule has 0 unspecified atom stereocenters. The van der Waals surface area contributed by atoms with Crippen LogP contribution in [0.15, 0.2) is 24.4 Å². The highest BCUT2D eigenvalue weighted by atomic mass is 32.1. The normalized spacial score (nSPS) is 16.7. The highest BCUT2D eigenvalue weighted by molar-refractivity contribution is 7.09. The molecule has 1 atom stereocenters. The van der Waals surface area contributed by atoms with Crippen LogP contribution in [-0.4, -0.2) is 46.5 Å². The van der Waals surface area contributed by atoms with Crippen LogP contribution in [-0.2, 0) is 12.7 Å². The number of benzene rings is 1. The van der Waals surface area contributed by atoms with E-state index in [4.69, 9.17) is 0 Å². The van der Waals surface area contributed by atoms with Crippen LogP contribution in [0.5, 0.6) is 0 Å². The zero-order chi connectivity index (χ0) is 21.9. The Labute approximate surface area is 177 Å². The van der Waals surface area contributed by atoms with E-state index in [-0.39, 0.29) is 22.9 Å². The Morgan fingerprint density at radius 3 is 2.77 bits per heavy atom. The zero-order valence-corrected chi connectivity index (χ0v) is 17.3. The average Bonchev–Trinajstić information content (AvgIpc) is 3.44. The van der Waals surface area contributed by atoms with Crippen LogP contribution in [0.1, 0.15) is 40.5 Å². The largest absolute Gasteiger partial charge is 0.418 e. The van der Waals surface area contributed by atoms with Gasteiger partial charge in [-0.05, 0) is 37.5 Å². The van der Waals surface area contributed by atoms with Gasteiger partial charge >= 0.3 is 6.18 Å². The number of alkyl halides is 3. The van der Waals surface area contributed by atoms with E-state index in [0.717, 1.165) is 6.20 Å². The minimum absolute atomic E-state index is 0.0347. The molecule has 0 spiro atoms. The number of aromatic nitrogens is 6. The van der Waals surface area contributed by atoms with Gasteiger partial charge in [0, 0.05) is 35.8 Å². The molecule has 0 saturated carbocycles. The van der Waals surface area contributed by atoms with Crippen LogP contribution in [0.2, 0.25) is 0 Å². The number of halogens is 3. The monoisotopic (exact) mass is 447 g/mol. The number of carbonyl (C=O) groups excluding carboxylic acids is 1. The summed E-state index contributed by atoms with van der Waals surface area (Å²) in [5, 5.41) is 9.20. The first-order chi connectivity index (χ1) is 14.7. The molecular weight excluding hydrogens is 431 g/mol. The number of nitrogens with one attached hydrogen (secondary N) is 1. The molecule has 1 aliphatic heterocycles. The molecule has 160 valence electrons. The van der Waals surface area contributed by atoms with Crippen LogP contribution in [0.4, 0.5) is 13.2 Å². The maximum absolute atomic E-state index is 13.2. The zero-order valence-electron chi connectivity index (χ0n) is 16.4. The van der Waals surface area contributed by atoms with Crippen molar-refractivity contribution in [3.8, 4) is 10.8 Å². The Balaban J connectivity index is 1.44. The summed E-state index contributed by atoms with van der Waals surface area (Å²) in [6, 6.07) is 3.85. The van der Waals surface area contributed by atoms with Crippen molar-refractivity contribution < 1.29 is 18.0 Å². The second-order valence-electron chi connectivity index (χ2n) is 7.32. The number of amides is 1. The second-order valence-corrected chi connectivity index (χ2v) is 8.07. The summed E-state index contributed by atoms with van der Waals surface area (Å²) >= 11 is 1.24. The lowest BCUT2D eigenvalue weighted by atomic mass is 10.1. The highest BCUT2D eigenvalue weighted by Crippen LogP contribution is 2.36. The van der Waals surface area contributed by atoms with Gasteiger partial charge in [-0.25, -0.2) is 4.98 Å². The van der Waals surface area contributed by atoms with Crippen LogP contribution in [0, 0.1) is 6.92 Å². The Kier molecular flexibility index (Phi) is 4.36. The summed E-state index contributed by atoms with van der Waals surface area (Å²) in [6.45, 7) is 4.54. The van der Waals surface area contributed by atoms with Gasteiger partial charge in [0.05, 0.1) is 11.6 Å². The summed E-state index contributed by atoms with van der Waals surface area (Å²) in [7, 11) is 0. The minimum Gasteiger partial charge on any atom is -0.361 e. The molecule has 0 bridgehead atoms. The molecule has 1 aromatic carbocycles. The number of fused-ring (bicyclic) bond motifs is 2. The lowest BCUT2D eigenvalue weighted by Gasteiger charge is -2.33. The predicted molar refractivity (Wildman–Crippen MR) is 106 cm³/mol. The Morgan fingerprint density at radius 1 is 1.26 bits per heavy atom. The first-order valence-corrected chi connectivity index (χ1v) is 10.2. The van der Waals surface area contributed by atoms with E-state index >= 15 is 0 Å². The van der Waals surface area contributed by atoms with Crippen molar-refractivity contribution in [1.82, 2.24) is 34.0 Å². The van der Waals surface area contributed by atoms with Crippen molar-refractivity contribution in [1.29, 1.82) is 0 Å². The van der Waals surface area contributed by atoms with Gasteiger partial charge in [-0.1, -0.05) is 6.07 Å². The molecule has 0 saturated heterocycles. The van der Waals surface area contributed by atoms with Crippen molar-refractivity contribution in [2.45, 2.75) is 32.6 Å². The fourth-order valence-corrected chi connectivity index (χ4v) is 4.53. The van der Waals surface area contributed by atoms with Crippen LogP contribution in [0.3, 0.4) is 0 Å². The fourth-order valence-electron chi connectivity index (χ4n) is 3.87. The van der Waals surface area contributed by atoms with E-state index in [1.165, 1.54) is 29.7 Å². The lowest BCUT2D eigenvalue weighted by Crippen LogP contribution is -2.41. The summed E-state index contributed by atoms with van der Waals surface area (Å²) in [6.07, 6.45) is -3.54. The molecule has 12 heteroatoms. The third kappa shape index (κ3) is 3.17. The van der Waals surface area contributed by atoms with Crippen molar-refractivity contribution in [2.24, 2.45) is 0 Å². The van der Waals surface area contributed by atoms with E-state index in [2.05, 4.69) is 24.5 Å². The maximum Gasteiger partial charge on any atom is 0.418 e. The fraction of sp³-hybridized carbons (Fsp3) is 0.316. The molecule has 3 aromatic heterocycles. The number of hydrogen-bond donors (Lipinski definition) is 1. The topological polar surface area (TPSA) is 92.6 Å². The molecule has 4 heterocycles. The van der Waals surface area contributed by atoms with E-state index in [1.54, 1.807) is 11.8 Å². The van der Waals surface area contributed by atoms with Gasteiger partial charge in [0.2, 0.25) is 0 Å². The first kappa shape index (κ1) is 19.7. The standard InChI is InChI=1S/C19H16F3N7OS/c1-9-15-25-26-16(17-24-10(2)27-31-17)29(15)6-5-28(9)18(30)11-3-4-12-13(19(20,21)22)8-23-14(12)7-11/h3-4,7-9,23H,5-6H2,1-2H3/t9-/m1/s1. The number of aromatic amines is 1. The summed E-state index contributed by atoms with van der Waals surface area (Å²) in [4.78, 5) is 21.8. The molecule has 0 fully saturated rings. The SMILES string of the molecule is Cc1nsc(-c2nnc3n2CCN(C(=O)c2ccc4c(C(F)(F)F)c[nH]c4c2)[C@@H]3C)n1. The van der Waals surface area contributed by atoms with Crippen molar-refractivity contribution in [3.63, 3.8) is 0 Å². The number of H-pyrrole nitrogens is 1. The maximum atomic E-state index is 13.2. The molecule has 0 radical (unpaired) electrons. The number of rotatable bonds is 2. The molecular formula is C19H16F3N7OS. The predicted octanol–water partition coefficient (Wildman–Crippen LogP) is 3.82. The Hall–Kier alpha value is -3.28. The van der Waals surface area contributed by atoms with E-state index in [9.17, 15) is 18.0 Å². The number of aryl methyl sites for hydroxylation is 1. The van der Waals surface area contributed by atoms with Crippen molar-refractivity contribution in [3.05, 3.63) is 47.2 Å². The summed E-state index contributed by atoms with van der Waals surface area (Å²) < 4.78 is 45.4. The van der Waals surface area contributed by atoms with Gasteiger partial charge in [-0.2, -0.15) is 17.5 Å². The quantitative estimate of drug-likeness (QED) is 0.504. The van der Waals surface area contributed by atoms with Gasteiger partial charge in [0.15, 0.2) is 16.7 Å². The van der Waals surface area contributed by atoms with Crippen molar-refractivity contribution in [2.75, 3.05) is 6.54 Å². The summed E-state index contributed by atoms with van der Waals surface area (Å²) in [5.41, 5.74) is -0.178. The van der Waals surface area contributed by atoms with Gasteiger partial charge in [0.25, 0.3) is 5.91 Å². The second kappa shape index (κ2) is 6.87. The minimum atomic E-state index is -4.46. The van der Waals surface area contributed by atoms with Gasteiger partial charge in [-0.3, -0.25) is 4.79 Å². The van der Waals surface area contributed by atoms with E-state index in [0.29, 0.717) is 41.1 Å². The molecule has 8 nitrogen and oxygen atoms in total. The molecule has 1 aliphatic rings. The number of nitrogens with zero attached hydrogens (tertiary/aromatic N) is 6. The van der Waals surface area contributed by atoms with Crippen LogP contribution < -0.4 is 0 Å². The van der Waals surface area contributed by atoms with E-state index < -0.39 is 11.7 Å². The summed E-state index contributed by atoms with van der Waals surface area (Å²) in [5.74, 6) is 1.63. The highest BCUT2D eigenvalue weighted by Gasteiger charge is 2.35. The first-order valence-electron chi connectivity index (χ1n) is 9.47. The van der Waals surface area contributed by atoms with Crippen LogP contribution >= 0.6 is 11.5 Å². The van der Waals surface area contributed by atoms with Gasteiger partial charge in [0.1, 0.15) is 5.82 Å². The van der Waals surface area contributed by atoms with Gasteiger partial charge < -0.3 is 14.5 Å². The number of hydrogen-bond acceptors (Lipinski definition) is 6. The third-order valence-corrected chi connectivity index (χ3v) is 6.20. The average molecular weight is 447 g/mol. The Morgan fingerprint density at radius 2 is 2.06 bits per heavy atom. The van der Waals surface area contributed by atoms with E-state index in [1.807, 2.05) is 11.5 Å². The molecule has 1 N–H and O–H groups in total.